The van der Waals surface area contributed by atoms with Crippen LogP contribution in [0.3, 0.4) is 0 Å². The molecule has 7 rings (SSSR count). The zero-order valence-electron chi connectivity index (χ0n) is 31.7. The quantitative estimate of drug-likeness (QED) is 0.126. The summed E-state index contributed by atoms with van der Waals surface area (Å²) in [4.78, 5) is 17.8. The van der Waals surface area contributed by atoms with Crippen LogP contribution in [-0.2, 0) is 13.0 Å². The van der Waals surface area contributed by atoms with E-state index in [1.807, 2.05) is 0 Å². The summed E-state index contributed by atoms with van der Waals surface area (Å²) in [6, 6.07) is 25.5. The summed E-state index contributed by atoms with van der Waals surface area (Å²) in [6.07, 6.45) is 13.6. The molecule has 51 heavy (non-hydrogen) atoms. The average Bonchev–Trinajstić information content (AvgIpc) is 3.89. The maximum Gasteiger partial charge on any atom is 0.258 e. The van der Waals surface area contributed by atoms with Crippen LogP contribution in [0, 0.1) is 23.7 Å². The Balaban J connectivity index is 0.957. The Morgan fingerprint density at radius 1 is 0.843 bits per heavy atom. The second kappa shape index (κ2) is 16.0. The Kier molecular flexibility index (Phi) is 11.4. The Labute approximate surface area is 307 Å². The van der Waals surface area contributed by atoms with Gasteiger partial charge in [0.15, 0.2) is 5.58 Å². The van der Waals surface area contributed by atoms with Crippen molar-refractivity contribution in [2.45, 2.75) is 96.1 Å². The summed E-state index contributed by atoms with van der Waals surface area (Å²) in [5.41, 5.74) is 3.13. The molecule has 0 unspecified atom stereocenters. The molecule has 3 aliphatic rings. The lowest BCUT2D eigenvalue weighted by Gasteiger charge is -2.46. The molecule has 6 nitrogen and oxygen atoms in total. The summed E-state index contributed by atoms with van der Waals surface area (Å²) < 4.78 is 12.3. The third kappa shape index (κ3) is 8.32. The van der Waals surface area contributed by atoms with E-state index < -0.39 is 8.32 Å². The van der Waals surface area contributed by atoms with Gasteiger partial charge in [-0.2, -0.15) is 0 Å². The van der Waals surface area contributed by atoms with E-state index in [0.29, 0.717) is 17.8 Å². The molecule has 0 radical (unpaired) electrons. The first-order chi connectivity index (χ1) is 24.7. The number of fused-ring (bicyclic) bond motifs is 1. The predicted molar refractivity (Wildman–Crippen MR) is 211 cm³/mol. The molecular formula is C44H61N3O3Si. The normalized spacial score (nSPS) is 21.1. The zero-order valence-corrected chi connectivity index (χ0v) is 32.7. The largest absolute Gasteiger partial charge is 0.493 e. The Morgan fingerprint density at radius 2 is 1.49 bits per heavy atom. The van der Waals surface area contributed by atoms with Gasteiger partial charge in [0.05, 0.1) is 17.9 Å². The van der Waals surface area contributed by atoms with Crippen molar-refractivity contribution in [3.63, 3.8) is 0 Å². The van der Waals surface area contributed by atoms with Crippen LogP contribution in [0.1, 0.15) is 89.3 Å². The van der Waals surface area contributed by atoms with Crippen molar-refractivity contribution >= 4 is 29.7 Å². The van der Waals surface area contributed by atoms with Crippen LogP contribution in [0.2, 0.25) is 5.04 Å². The van der Waals surface area contributed by atoms with Crippen LogP contribution < -0.4 is 15.1 Å². The van der Waals surface area contributed by atoms with Crippen molar-refractivity contribution < 1.29 is 14.1 Å². The minimum absolute atomic E-state index is 0.188. The predicted octanol–water partition coefficient (Wildman–Crippen LogP) is 8.05. The summed E-state index contributed by atoms with van der Waals surface area (Å²) in [5.74, 6) is 3.75. The van der Waals surface area contributed by atoms with E-state index >= 15 is 0 Å². The number of aromatic nitrogens is 1. The molecule has 3 fully saturated rings. The van der Waals surface area contributed by atoms with E-state index in [0.717, 1.165) is 70.3 Å². The second-order valence-electron chi connectivity index (χ2n) is 17.2. The van der Waals surface area contributed by atoms with Crippen molar-refractivity contribution in [3.05, 3.63) is 84.1 Å². The summed E-state index contributed by atoms with van der Waals surface area (Å²) in [7, 11) is 1.19. The topological polar surface area (TPSA) is 62.0 Å². The van der Waals surface area contributed by atoms with Crippen molar-refractivity contribution in [3.8, 4) is 5.75 Å². The van der Waals surface area contributed by atoms with Gasteiger partial charge < -0.3 is 23.9 Å². The third-order valence-corrected chi connectivity index (χ3v) is 17.1. The maximum atomic E-state index is 12.8. The van der Waals surface area contributed by atoms with Crippen LogP contribution in [-0.4, -0.2) is 68.4 Å². The molecule has 4 aromatic rings. The van der Waals surface area contributed by atoms with Gasteiger partial charge in [-0.05, 0) is 130 Å². The number of aryl methyl sites for hydroxylation is 1. The summed E-state index contributed by atoms with van der Waals surface area (Å²) in [5, 5.41) is 7.84. The molecule has 2 saturated carbocycles. The SMILES string of the molecule is CN(C)Cc1c(OCC2CC2)ccc2c(CCC3CCN(C[C@H]4CCCC[C@@H]4CC(C)(C)[Si](O)(c4ccccc4)c4ccccc4)CC3)noc12. The van der Waals surface area contributed by atoms with Crippen molar-refractivity contribution in [1.82, 2.24) is 15.0 Å². The van der Waals surface area contributed by atoms with Gasteiger partial charge in [0.25, 0.3) is 8.32 Å². The lowest BCUT2D eigenvalue weighted by Crippen LogP contribution is -2.65. The number of rotatable bonds is 15. The number of piperidine rings is 1. The lowest BCUT2D eigenvalue weighted by molar-refractivity contribution is 0.106. The highest BCUT2D eigenvalue weighted by Crippen LogP contribution is 2.47. The first kappa shape index (κ1) is 36.4. The van der Waals surface area contributed by atoms with Crippen LogP contribution in [0.15, 0.2) is 77.3 Å². The van der Waals surface area contributed by atoms with Gasteiger partial charge in [-0.1, -0.05) is 98.9 Å². The van der Waals surface area contributed by atoms with Gasteiger partial charge in [-0.3, -0.25) is 0 Å². The molecule has 2 atom stereocenters. The minimum Gasteiger partial charge on any atom is -0.493 e. The number of likely N-dealkylation sites (tertiary alicyclic amines) is 1. The summed E-state index contributed by atoms with van der Waals surface area (Å²) in [6.45, 7) is 9.90. The highest BCUT2D eigenvalue weighted by molar-refractivity contribution is 6.98. The minimum atomic E-state index is -3.01. The fourth-order valence-corrected chi connectivity index (χ4v) is 13.2. The smallest absolute Gasteiger partial charge is 0.258 e. The average molecular weight is 708 g/mol. The van der Waals surface area contributed by atoms with E-state index in [1.165, 1.54) is 77.4 Å². The highest BCUT2D eigenvalue weighted by Gasteiger charge is 2.51. The number of benzene rings is 3. The molecule has 1 aromatic heterocycles. The molecule has 3 aromatic carbocycles. The van der Waals surface area contributed by atoms with Gasteiger partial charge in [0.2, 0.25) is 0 Å². The maximum absolute atomic E-state index is 12.8. The van der Waals surface area contributed by atoms with Gasteiger partial charge in [-0.25, -0.2) is 0 Å². The molecule has 7 heteroatoms. The Morgan fingerprint density at radius 3 is 2.12 bits per heavy atom. The second-order valence-corrected chi connectivity index (χ2v) is 21.1. The third-order valence-electron chi connectivity index (χ3n) is 12.6. The van der Waals surface area contributed by atoms with E-state index in [9.17, 15) is 4.80 Å². The van der Waals surface area contributed by atoms with Crippen LogP contribution in [0.4, 0.5) is 0 Å². The van der Waals surface area contributed by atoms with Crippen molar-refractivity contribution in [1.29, 1.82) is 0 Å². The molecule has 0 amide bonds. The Bertz CT molecular complexity index is 1660. The van der Waals surface area contributed by atoms with E-state index in [4.69, 9.17) is 9.26 Å². The number of nitrogens with zero attached hydrogens (tertiary/aromatic N) is 3. The standard InChI is InChI=1S/C44H61N3O3Si/c1-44(2,51(48,37-15-7-5-8-16-37)38-17-9-6-10-18-38)29-35-13-11-12-14-36(35)30-47-27-25-33(26-28-47)21-23-41-39-22-24-42(49-32-34-19-20-34)40(31-46(3)4)43(39)50-45-41/h5-10,15-18,22,24,33-36,48H,11-14,19-21,23,25-32H2,1-4H3/t35-,36-/m1/s1. The van der Waals surface area contributed by atoms with Crippen LogP contribution >= 0.6 is 0 Å². The molecule has 1 aliphatic heterocycles. The first-order valence-electron chi connectivity index (χ1n) is 19.9. The molecule has 274 valence electrons. The molecule has 1 N–H and O–H groups in total. The van der Waals surface area contributed by atoms with Gasteiger partial charge in [-0.15, -0.1) is 0 Å². The van der Waals surface area contributed by atoms with E-state index in [2.05, 4.69) is 116 Å². The molecule has 0 spiro atoms. The van der Waals surface area contributed by atoms with Crippen LogP contribution in [0.25, 0.3) is 11.0 Å². The first-order valence-corrected chi connectivity index (χ1v) is 21.9. The number of hydrogen-bond acceptors (Lipinski definition) is 6. The zero-order chi connectivity index (χ0) is 35.4. The molecule has 2 heterocycles. The number of ether oxygens (including phenoxy) is 1. The van der Waals surface area contributed by atoms with E-state index in [-0.39, 0.29) is 5.04 Å². The molecule has 2 aliphatic carbocycles. The van der Waals surface area contributed by atoms with Gasteiger partial charge in [0, 0.05) is 18.5 Å². The molecule has 1 saturated heterocycles. The monoisotopic (exact) mass is 707 g/mol. The highest BCUT2D eigenvalue weighted by atomic mass is 28.4. The van der Waals surface area contributed by atoms with Gasteiger partial charge in [0.1, 0.15) is 5.75 Å². The molecular weight excluding hydrogens is 647 g/mol. The molecule has 0 bridgehead atoms. The van der Waals surface area contributed by atoms with Gasteiger partial charge >= 0.3 is 0 Å². The van der Waals surface area contributed by atoms with Crippen molar-refractivity contribution in [2.75, 3.05) is 40.3 Å². The van der Waals surface area contributed by atoms with E-state index in [1.54, 1.807) is 0 Å². The van der Waals surface area contributed by atoms with Crippen LogP contribution in [0.5, 0.6) is 5.75 Å². The summed E-state index contributed by atoms with van der Waals surface area (Å²) >= 11 is 0. The number of hydrogen-bond donors (Lipinski definition) is 1. The fourth-order valence-electron chi connectivity index (χ4n) is 9.40. The van der Waals surface area contributed by atoms with Crippen molar-refractivity contribution in [2.24, 2.45) is 23.7 Å². The lowest BCUT2D eigenvalue weighted by atomic mass is 9.74. The Hall–Kier alpha value is -2.97. The fraction of sp³-hybridized carbons (Fsp3) is 0.568.